The van der Waals surface area contributed by atoms with E-state index in [1.807, 2.05) is 19.1 Å². The number of aliphatic hydroxyl groups is 1. The molecule has 6 heteroatoms. The Balaban J connectivity index is 1.48. The number of hydrogen-bond acceptors (Lipinski definition) is 6. The highest BCUT2D eigenvalue weighted by Gasteiger charge is 2.36. The van der Waals surface area contributed by atoms with Crippen LogP contribution in [0.5, 0.6) is 0 Å². The summed E-state index contributed by atoms with van der Waals surface area (Å²) in [5.74, 6) is -0.606. The van der Waals surface area contributed by atoms with Crippen molar-refractivity contribution in [3.63, 3.8) is 0 Å². The van der Waals surface area contributed by atoms with E-state index < -0.39 is 17.3 Å². The van der Waals surface area contributed by atoms with Crippen LogP contribution in [0.4, 0.5) is 0 Å². The van der Waals surface area contributed by atoms with Crippen molar-refractivity contribution >= 4 is 17.5 Å². The van der Waals surface area contributed by atoms with Crippen molar-refractivity contribution in [1.82, 2.24) is 0 Å². The van der Waals surface area contributed by atoms with E-state index in [1.54, 1.807) is 26.8 Å². The quantitative estimate of drug-likeness (QED) is 0.262. The first-order valence-electron chi connectivity index (χ1n) is 11.6. The summed E-state index contributed by atoms with van der Waals surface area (Å²) >= 11 is 0. The molecule has 1 saturated heterocycles. The number of allylic oxidation sites excluding steroid dienone is 7. The minimum absolute atomic E-state index is 0.147. The van der Waals surface area contributed by atoms with Crippen molar-refractivity contribution in [2.75, 3.05) is 0 Å². The minimum Gasteiger partial charge on any atom is -0.479 e. The van der Waals surface area contributed by atoms with Gasteiger partial charge in [0.2, 0.25) is 5.78 Å². The van der Waals surface area contributed by atoms with E-state index >= 15 is 0 Å². The van der Waals surface area contributed by atoms with Gasteiger partial charge < -0.3 is 14.6 Å². The molecule has 0 aromatic carbocycles. The molecule has 0 spiro atoms. The first kappa shape index (κ1) is 24.9. The van der Waals surface area contributed by atoms with Crippen LogP contribution in [-0.4, -0.2) is 39.9 Å². The van der Waals surface area contributed by atoms with Gasteiger partial charge in [-0.2, -0.15) is 0 Å². The third-order valence-corrected chi connectivity index (χ3v) is 6.39. The number of carbonyl (C=O) groups excluding carboxylic acids is 3. The topological polar surface area (TPSA) is 89.9 Å². The standard InChI is InChI=1S/C27H34O6/c1-17(8-6-10-19-11-12-22(26(3,4)31)32-25(19)30)9-7-14-27(5)15-13-20-23(29)18(2)16-21(28)24(20)33-27/h9-10,13,15-16,22,31H,6-8,11-12,14H2,1-5H3/b17-9+,19-10-. The van der Waals surface area contributed by atoms with Gasteiger partial charge in [-0.05, 0) is 91.4 Å². The van der Waals surface area contributed by atoms with E-state index in [4.69, 9.17) is 9.47 Å². The predicted octanol–water partition coefficient (Wildman–Crippen LogP) is 4.59. The average Bonchev–Trinajstić information content (AvgIpc) is 2.72. The van der Waals surface area contributed by atoms with E-state index in [1.165, 1.54) is 11.6 Å². The van der Waals surface area contributed by atoms with Crippen LogP contribution in [-0.2, 0) is 23.9 Å². The third-order valence-electron chi connectivity index (χ3n) is 6.39. The normalized spacial score (nSPS) is 27.4. The molecule has 3 aliphatic rings. The van der Waals surface area contributed by atoms with Crippen LogP contribution in [0.3, 0.4) is 0 Å². The van der Waals surface area contributed by atoms with Crippen molar-refractivity contribution in [2.24, 2.45) is 0 Å². The molecule has 1 N–H and O–H groups in total. The van der Waals surface area contributed by atoms with E-state index in [-0.39, 0.29) is 23.3 Å². The average molecular weight is 455 g/mol. The Bertz CT molecular complexity index is 998. The van der Waals surface area contributed by atoms with Gasteiger partial charge >= 0.3 is 5.97 Å². The van der Waals surface area contributed by atoms with Gasteiger partial charge in [0, 0.05) is 11.1 Å². The zero-order chi connectivity index (χ0) is 24.4. The van der Waals surface area contributed by atoms with Gasteiger partial charge in [0.05, 0.1) is 11.2 Å². The molecule has 0 saturated carbocycles. The summed E-state index contributed by atoms with van der Waals surface area (Å²) in [6.45, 7) is 8.92. The lowest BCUT2D eigenvalue weighted by Gasteiger charge is -2.33. The fourth-order valence-corrected chi connectivity index (χ4v) is 4.21. The second-order valence-electron chi connectivity index (χ2n) is 9.96. The first-order chi connectivity index (χ1) is 15.4. The Labute approximate surface area is 195 Å². The van der Waals surface area contributed by atoms with Gasteiger partial charge in [-0.3, -0.25) is 9.59 Å². The molecule has 0 radical (unpaired) electrons. The van der Waals surface area contributed by atoms with Gasteiger partial charge in [0.15, 0.2) is 11.5 Å². The lowest BCUT2D eigenvalue weighted by Crippen LogP contribution is -2.42. The number of Topliss-reactive ketones (excluding diaryl/α,β-unsaturated/α-hetero) is 1. The Kier molecular flexibility index (Phi) is 7.27. The van der Waals surface area contributed by atoms with Crippen molar-refractivity contribution in [3.8, 4) is 0 Å². The second kappa shape index (κ2) is 9.64. The molecule has 2 unspecified atom stereocenters. The van der Waals surface area contributed by atoms with Crippen LogP contribution >= 0.6 is 0 Å². The highest BCUT2D eigenvalue weighted by molar-refractivity contribution is 6.23. The van der Waals surface area contributed by atoms with Crippen LogP contribution < -0.4 is 0 Å². The van der Waals surface area contributed by atoms with Gasteiger partial charge in [-0.15, -0.1) is 0 Å². The van der Waals surface area contributed by atoms with E-state index in [0.29, 0.717) is 36.0 Å². The largest absolute Gasteiger partial charge is 0.479 e. The molecule has 1 aliphatic carbocycles. The lowest BCUT2D eigenvalue weighted by molar-refractivity contribution is -0.162. The molecule has 1 fully saturated rings. The van der Waals surface area contributed by atoms with Crippen LogP contribution in [0.15, 0.2) is 58.4 Å². The molecule has 0 aromatic heterocycles. The lowest BCUT2D eigenvalue weighted by atomic mass is 9.88. The molecule has 2 aliphatic heterocycles. The maximum Gasteiger partial charge on any atom is 0.334 e. The Hall–Kier alpha value is -2.73. The number of esters is 1. The van der Waals surface area contributed by atoms with Crippen molar-refractivity contribution in [1.29, 1.82) is 0 Å². The molecule has 2 heterocycles. The summed E-state index contributed by atoms with van der Waals surface area (Å²) in [5, 5.41) is 10.0. The molecule has 0 aromatic rings. The van der Waals surface area contributed by atoms with Crippen molar-refractivity contribution in [3.05, 3.63) is 58.4 Å². The zero-order valence-electron chi connectivity index (χ0n) is 20.2. The predicted molar refractivity (Wildman–Crippen MR) is 125 cm³/mol. The molecule has 3 rings (SSSR count). The van der Waals surface area contributed by atoms with E-state index in [9.17, 15) is 19.5 Å². The molecule has 33 heavy (non-hydrogen) atoms. The summed E-state index contributed by atoms with van der Waals surface area (Å²) in [7, 11) is 0. The Morgan fingerprint density at radius 3 is 2.67 bits per heavy atom. The SMILES string of the molecule is CC1=CC(=O)C2=C(C=CC(C)(CC/C=C(\C)CC/C=C3/CCC(C(C)(C)O)OC3=O)O2)C1=O. The molecule has 0 bridgehead atoms. The summed E-state index contributed by atoms with van der Waals surface area (Å²) in [6.07, 6.45) is 12.8. The molecular formula is C27H34O6. The number of carbonyl (C=O) groups is 3. The molecule has 6 nitrogen and oxygen atoms in total. The summed E-state index contributed by atoms with van der Waals surface area (Å²) in [4.78, 5) is 36.7. The molecule has 178 valence electrons. The summed E-state index contributed by atoms with van der Waals surface area (Å²) < 4.78 is 11.3. The van der Waals surface area contributed by atoms with Gasteiger partial charge in [0.1, 0.15) is 11.7 Å². The van der Waals surface area contributed by atoms with E-state index in [0.717, 1.165) is 19.3 Å². The number of cyclic esters (lactones) is 1. The van der Waals surface area contributed by atoms with Gasteiger partial charge in [0.25, 0.3) is 0 Å². The molecule has 2 atom stereocenters. The molecular weight excluding hydrogens is 420 g/mol. The second-order valence-corrected chi connectivity index (χ2v) is 9.96. The molecule has 0 amide bonds. The van der Waals surface area contributed by atoms with E-state index in [2.05, 4.69) is 13.0 Å². The zero-order valence-corrected chi connectivity index (χ0v) is 20.2. The maximum absolute atomic E-state index is 12.3. The monoisotopic (exact) mass is 454 g/mol. The minimum atomic E-state index is -1.03. The number of hydrogen-bond donors (Lipinski definition) is 1. The van der Waals surface area contributed by atoms with Crippen molar-refractivity contribution < 1.29 is 29.0 Å². The van der Waals surface area contributed by atoms with Crippen LogP contribution in [0.25, 0.3) is 0 Å². The fourth-order valence-electron chi connectivity index (χ4n) is 4.21. The first-order valence-corrected chi connectivity index (χ1v) is 11.6. The number of ketones is 2. The van der Waals surface area contributed by atoms with Crippen LogP contribution in [0.2, 0.25) is 0 Å². The summed E-state index contributed by atoms with van der Waals surface area (Å²) in [6, 6.07) is 0. The smallest absolute Gasteiger partial charge is 0.334 e. The number of rotatable bonds is 7. The fraction of sp³-hybridized carbons (Fsp3) is 0.519. The van der Waals surface area contributed by atoms with Crippen LogP contribution in [0.1, 0.15) is 73.1 Å². The highest BCUT2D eigenvalue weighted by atomic mass is 16.6. The highest BCUT2D eigenvalue weighted by Crippen LogP contribution is 2.34. The Morgan fingerprint density at radius 1 is 1.27 bits per heavy atom. The maximum atomic E-state index is 12.3. The number of ether oxygens (including phenoxy) is 2. The van der Waals surface area contributed by atoms with Crippen molar-refractivity contribution in [2.45, 2.75) is 90.4 Å². The third kappa shape index (κ3) is 5.99. The Morgan fingerprint density at radius 2 is 2.00 bits per heavy atom. The van der Waals surface area contributed by atoms with Crippen LogP contribution in [0, 0.1) is 0 Å². The van der Waals surface area contributed by atoms with Gasteiger partial charge in [-0.1, -0.05) is 17.7 Å². The van der Waals surface area contributed by atoms with Gasteiger partial charge in [-0.25, -0.2) is 4.79 Å². The summed E-state index contributed by atoms with van der Waals surface area (Å²) in [5.41, 5.74) is 0.986.